The van der Waals surface area contributed by atoms with Crippen molar-refractivity contribution in [2.75, 3.05) is 18.0 Å². The van der Waals surface area contributed by atoms with Crippen LogP contribution in [0.4, 0.5) is 5.82 Å². The summed E-state index contributed by atoms with van der Waals surface area (Å²) in [5.74, 6) is 0.832. The van der Waals surface area contributed by atoms with Crippen LogP contribution in [0.2, 0.25) is 0 Å². The average molecular weight is 419 g/mol. The first-order valence-corrected chi connectivity index (χ1v) is 10.5. The molecular weight excluding hydrogens is 394 g/mol. The zero-order valence-corrected chi connectivity index (χ0v) is 17.6. The molecule has 1 N–H and O–H groups in total. The maximum absolute atomic E-state index is 13.4. The number of hydrogen-bond acceptors (Lipinski definition) is 6. The minimum absolute atomic E-state index is 0.00310. The van der Waals surface area contributed by atoms with Gasteiger partial charge in [0.25, 0.3) is 5.56 Å². The first-order chi connectivity index (χ1) is 15.0. The van der Waals surface area contributed by atoms with Crippen LogP contribution >= 0.6 is 0 Å². The fourth-order valence-electron chi connectivity index (χ4n) is 4.92. The maximum atomic E-state index is 13.4. The Hall–Kier alpha value is -3.49. The van der Waals surface area contributed by atoms with E-state index in [-0.39, 0.29) is 23.3 Å². The van der Waals surface area contributed by atoms with Gasteiger partial charge in [0.05, 0.1) is 12.4 Å². The molecule has 3 aromatic rings. The maximum Gasteiger partial charge on any atom is 0.251 e. The molecule has 9 nitrogen and oxygen atoms in total. The van der Waals surface area contributed by atoms with Gasteiger partial charge < -0.3 is 10.2 Å². The van der Waals surface area contributed by atoms with Crippen molar-refractivity contribution in [2.24, 2.45) is 13.0 Å². The van der Waals surface area contributed by atoms with Gasteiger partial charge in [-0.1, -0.05) is 6.07 Å². The summed E-state index contributed by atoms with van der Waals surface area (Å²) in [5, 5.41) is 7.29. The molecule has 9 heteroatoms. The SMILES string of the molecule is Cc1c(CNC(=O)[C@H]2[C@@H]3C[C@@H](CN(c4cnccn4)C3)c3cccc(=O)n32)cnn1C. The second-order valence-electron chi connectivity index (χ2n) is 8.36. The summed E-state index contributed by atoms with van der Waals surface area (Å²) in [5.41, 5.74) is 2.76. The summed E-state index contributed by atoms with van der Waals surface area (Å²) >= 11 is 0. The highest BCUT2D eigenvalue weighted by Crippen LogP contribution is 2.42. The zero-order chi connectivity index (χ0) is 21.5. The fraction of sp³-hybridized carbons (Fsp3) is 0.409. The summed E-state index contributed by atoms with van der Waals surface area (Å²) < 4.78 is 3.49. The van der Waals surface area contributed by atoms with Crippen molar-refractivity contribution in [3.8, 4) is 0 Å². The second kappa shape index (κ2) is 7.64. The largest absolute Gasteiger partial charge is 0.354 e. The number of piperidine rings is 1. The molecule has 31 heavy (non-hydrogen) atoms. The Bertz CT molecular complexity index is 1170. The van der Waals surface area contributed by atoms with E-state index in [2.05, 4.69) is 25.3 Å². The van der Waals surface area contributed by atoms with Crippen LogP contribution in [-0.4, -0.2) is 43.3 Å². The number of anilines is 1. The number of nitrogens with zero attached hydrogens (tertiary/aromatic N) is 6. The number of carbonyl (C=O) groups excluding carboxylic acids is 1. The summed E-state index contributed by atoms with van der Waals surface area (Å²) in [4.78, 5) is 37.0. The van der Waals surface area contributed by atoms with Crippen molar-refractivity contribution in [2.45, 2.75) is 31.8 Å². The molecule has 3 atom stereocenters. The van der Waals surface area contributed by atoms with Crippen molar-refractivity contribution in [1.29, 1.82) is 0 Å². The van der Waals surface area contributed by atoms with Crippen LogP contribution in [0.3, 0.4) is 0 Å². The molecule has 160 valence electrons. The average Bonchev–Trinajstić information content (AvgIpc) is 3.11. The fourth-order valence-corrected chi connectivity index (χ4v) is 4.92. The van der Waals surface area contributed by atoms with Gasteiger partial charge in [-0.05, 0) is 19.4 Å². The van der Waals surface area contributed by atoms with Crippen molar-refractivity contribution in [1.82, 2.24) is 29.6 Å². The highest BCUT2D eigenvalue weighted by Gasteiger charge is 2.44. The van der Waals surface area contributed by atoms with Crippen LogP contribution in [0.5, 0.6) is 0 Å². The number of nitrogens with one attached hydrogen (secondary N) is 1. The Kier molecular flexibility index (Phi) is 4.80. The predicted octanol–water partition coefficient (Wildman–Crippen LogP) is 1.16. The van der Waals surface area contributed by atoms with E-state index in [0.717, 1.165) is 35.7 Å². The molecule has 1 fully saturated rings. The van der Waals surface area contributed by atoms with Gasteiger partial charge in [0.15, 0.2) is 0 Å². The van der Waals surface area contributed by atoms with E-state index in [1.54, 1.807) is 40.1 Å². The molecule has 5 heterocycles. The quantitative estimate of drug-likeness (QED) is 0.682. The third-order valence-electron chi connectivity index (χ3n) is 6.58. The van der Waals surface area contributed by atoms with E-state index in [0.29, 0.717) is 13.1 Å². The molecule has 0 radical (unpaired) electrons. The number of aryl methyl sites for hydroxylation is 1. The van der Waals surface area contributed by atoms with Gasteiger partial charge in [0.2, 0.25) is 5.91 Å². The molecule has 5 rings (SSSR count). The first-order valence-electron chi connectivity index (χ1n) is 10.5. The lowest BCUT2D eigenvalue weighted by molar-refractivity contribution is -0.127. The van der Waals surface area contributed by atoms with Crippen molar-refractivity contribution in [3.05, 3.63) is 70.3 Å². The van der Waals surface area contributed by atoms with E-state index in [1.807, 2.05) is 20.0 Å². The number of rotatable bonds is 4. The van der Waals surface area contributed by atoms with Crippen LogP contribution in [-0.2, 0) is 18.4 Å². The van der Waals surface area contributed by atoms with Crippen molar-refractivity contribution < 1.29 is 4.79 Å². The highest BCUT2D eigenvalue weighted by atomic mass is 16.2. The van der Waals surface area contributed by atoms with Gasteiger partial charge in [0, 0.05) is 73.9 Å². The van der Waals surface area contributed by atoms with Crippen LogP contribution in [0.1, 0.15) is 35.3 Å². The van der Waals surface area contributed by atoms with Crippen molar-refractivity contribution >= 4 is 11.7 Å². The topological polar surface area (TPSA) is 97.9 Å². The molecule has 3 aromatic heterocycles. The Labute approximate surface area is 179 Å². The number of aromatic nitrogens is 5. The van der Waals surface area contributed by atoms with E-state index < -0.39 is 6.04 Å². The number of amides is 1. The minimum atomic E-state index is -0.559. The van der Waals surface area contributed by atoms with Gasteiger partial charge in [-0.2, -0.15) is 5.10 Å². The summed E-state index contributed by atoms with van der Waals surface area (Å²) in [6.45, 7) is 3.76. The number of fused-ring (bicyclic) bond motifs is 4. The van der Waals surface area contributed by atoms with Gasteiger partial charge in [0.1, 0.15) is 11.9 Å². The van der Waals surface area contributed by atoms with Crippen LogP contribution in [0, 0.1) is 12.8 Å². The predicted molar refractivity (Wildman–Crippen MR) is 115 cm³/mol. The Morgan fingerprint density at radius 1 is 1.23 bits per heavy atom. The lowest BCUT2D eigenvalue weighted by Crippen LogP contribution is -2.53. The molecule has 1 amide bonds. The lowest BCUT2D eigenvalue weighted by Gasteiger charge is -2.46. The molecular formula is C22H25N7O2. The monoisotopic (exact) mass is 419 g/mol. The third kappa shape index (κ3) is 3.39. The standard InChI is InChI=1S/C22H25N7O2/c1-14-17(10-26-27(14)2)9-25-22(31)21-16-8-15(18-4-3-5-20(30)29(18)21)12-28(13-16)19-11-23-6-7-24-19/h3-7,10-11,15-16,21H,8-9,12-13H2,1-2H3,(H,25,31)/t15-,16+,21+/m0/s1. The Balaban J connectivity index is 1.47. The number of pyridine rings is 1. The van der Waals surface area contributed by atoms with Crippen LogP contribution < -0.4 is 15.8 Å². The molecule has 0 aliphatic carbocycles. The summed E-state index contributed by atoms with van der Waals surface area (Å²) in [7, 11) is 1.88. The smallest absolute Gasteiger partial charge is 0.251 e. The first kappa shape index (κ1) is 19.5. The van der Waals surface area contributed by atoms with E-state index >= 15 is 0 Å². The lowest BCUT2D eigenvalue weighted by atomic mass is 9.78. The van der Waals surface area contributed by atoms with E-state index in [4.69, 9.17) is 0 Å². The summed E-state index contributed by atoms with van der Waals surface area (Å²) in [6, 6.07) is 4.73. The molecule has 0 saturated carbocycles. The van der Waals surface area contributed by atoms with E-state index in [1.165, 1.54) is 6.07 Å². The molecule has 0 spiro atoms. The molecule has 2 aliphatic rings. The van der Waals surface area contributed by atoms with Gasteiger partial charge in [-0.25, -0.2) is 4.98 Å². The Morgan fingerprint density at radius 2 is 2.10 bits per heavy atom. The van der Waals surface area contributed by atoms with Gasteiger partial charge in [-0.15, -0.1) is 0 Å². The Morgan fingerprint density at radius 3 is 2.84 bits per heavy atom. The molecule has 0 aromatic carbocycles. The molecule has 0 unspecified atom stereocenters. The van der Waals surface area contributed by atoms with Crippen molar-refractivity contribution in [3.63, 3.8) is 0 Å². The third-order valence-corrected chi connectivity index (χ3v) is 6.58. The van der Waals surface area contributed by atoms with Gasteiger partial charge in [-0.3, -0.25) is 23.8 Å². The highest BCUT2D eigenvalue weighted by molar-refractivity contribution is 5.81. The molecule has 1 saturated heterocycles. The van der Waals surface area contributed by atoms with Crippen LogP contribution in [0.25, 0.3) is 0 Å². The minimum Gasteiger partial charge on any atom is -0.354 e. The van der Waals surface area contributed by atoms with Gasteiger partial charge >= 0.3 is 0 Å². The zero-order valence-electron chi connectivity index (χ0n) is 17.6. The second-order valence-corrected chi connectivity index (χ2v) is 8.36. The van der Waals surface area contributed by atoms with E-state index in [9.17, 15) is 9.59 Å². The number of hydrogen-bond donors (Lipinski definition) is 1. The number of carbonyl (C=O) groups is 1. The normalized spacial score (nSPS) is 22.1. The van der Waals surface area contributed by atoms with Crippen LogP contribution in [0.15, 0.2) is 47.8 Å². The molecule has 2 aliphatic heterocycles. The molecule has 2 bridgehead atoms. The summed E-state index contributed by atoms with van der Waals surface area (Å²) in [6.07, 6.45) is 7.71.